The van der Waals surface area contributed by atoms with Crippen LogP contribution in [0.4, 0.5) is 0 Å². The molecule has 0 bridgehead atoms. The van der Waals surface area contributed by atoms with Crippen LogP contribution in [0.1, 0.15) is 11.5 Å². The second-order valence-corrected chi connectivity index (χ2v) is 4.98. The fraction of sp³-hybridized carbons (Fsp3) is 0.125. The van der Waals surface area contributed by atoms with Crippen LogP contribution in [0, 0.1) is 0 Å². The molecule has 3 aromatic rings. The number of halogens is 1. The molecule has 0 amide bonds. The van der Waals surface area contributed by atoms with Gasteiger partial charge in [-0.1, -0.05) is 28.9 Å². The highest BCUT2D eigenvalue weighted by molar-refractivity contribution is 6.30. The molecule has 1 heterocycles. The zero-order chi connectivity index (χ0) is 14.7. The van der Waals surface area contributed by atoms with Gasteiger partial charge in [0.2, 0.25) is 11.7 Å². The van der Waals surface area contributed by atoms with Crippen molar-refractivity contribution in [3.05, 3.63) is 65.0 Å². The summed E-state index contributed by atoms with van der Waals surface area (Å²) in [4.78, 5) is 4.40. The van der Waals surface area contributed by atoms with Crippen LogP contribution in [0.15, 0.2) is 53.1 Å². The van der Waals surface area contributed by atoms with E-state index < -0.39 is 0 Å². The van der Waals surface area contributed by atoms with Crippen molar-refractivity contribution < 1.29 is 9.26 Å². The van der Waals surface area contributed by atoms with Gasteiger partial charge in [-0.25, -0.2) is 0 Å². The van der Waals surface area contributed by atoms with Crippen LogP contribution in [-0.4, -0.2) is 17.3 Å². The maximum absolute atomic E-state index is 5.86. The molecule has 0 aliphatic rings. The molecule has 0 spiro atoms. The Hall–Kier alpha value is -2.33. The van der Waals surface area contributed by atoms with Crippen LogP contribution in [0.3, 0.4) is 0 Å². The Kier molecular flexibility index (Phi) is 3.88. The molecule has 0 unspecified atom stereocenters. The number of nitrogens with zero attached hydrogens (tertiary/aromatic N) is 2. The first-order valence-corrected chi connectivity index (χ1v) is 6.84. The normalized spacial score (nSPS) is 10.6. The van der Waals surface area contributed by atoms with Crippen LogP contribution in [0.25, 0.3) is 11.4 Å². The predicted molar refractivity (Wildman–Crippen MR) is 80.5 cm³/mol. The fourth-order valence-electron chi connectivity index (χ4n) is 1.96. The van der Waals surface area contributed by atoms with E-state index >= 15 is 0 Å². The van der Waals surface area contributed by atoms with Gasteiger partial charge in [0.15, 0.2) is 0 Å². The number of rotatable bonds is 4. The monoisotopic (exact) mass is 300 g/mol. The van der Waals surface area contributed by atoms with E-state index in [0.717, 1.165) is 16.9 Å². The van der Waals surface area contributed by atoms with Crippen molar-refractivity contribution >= 4 is 11.6 Å². The Morgan fingerprint density at radius 2 is 1.76 bits per heavy atom. The first-order valence-electron chi connectivity index (χ1n) is 6.46. The lowest BCUT2D eigenvalue weighted by molar-refractivity contribution is 0.385. The average Bonchev–Trinajstić information content (AvgIpc) is 2.98. The third kappa shape index (κ3) is 3.23. The molecule has 0 saturated heterocycles. The maximum Gasteiger partial charge on any atom is 0.231 e. The number of benzene rings is 2. The molecule has 0 aliphatic carbocycles. The first-order chi connectivity index (χ1) is 10.2. The third-order valence-electron chi connectivity index (χ3n) is 3.08. The Bertz CT molecular complexity index is 721. The molecule has 1 aromatic heterocycles. The van der Waals surface area contributed by atoms with Crippen LogP contribution in [0.5, 0.6) is 5.75 Å². The molecule has 2 aromatic carbocycles. The van der Waals surface area contributed by atoms with Crippen molar-refractivity contribution in [3.63, 3.8) is 0 Å². The highest BCUT2D eigenvalue weighted by Crippen LogP contribution is 2.20. The number of methoxy groups -OCH3 is 1. The van der Waals surface area contributed by atoms with Crippen LogP contribution < -0.4 is 4.74 Å². The van der Waals surface area contributed by atoms with Gasteiger partial charge < -0.3 is 9.26 Å². The van der Waals surface area contributed by atoms with Gasteiger partial charge in [0.1, 0.15) is 5.75 Å². The Morgan fingerprint density at radius 1 is 1.05 bits per heavy atom. The predicted octanol–water partition coefficient (Wildman–Crippen LogP) is 3.99. The lowest BCUT2D eigenvalue weighted by atomic mass is 10.1. The van der Waals surface area contributed by atoms with Gasteiger partial charge in [0.05, 0.1) is 13.5 Å². The summed E-state index contributed by atoms with van der Waals surface area (Å²) < 4.78 is 10.4. The topological polar surface area (TPSA) is 48.2 Å². The van der Waals surface area contributed by atoms with Crippen molar-refractivity contribution in [1.82, 2.24) is 10.1 Å². The second-order valence-electron chi connectivity index (χ2n) is 4.54. The quantitative estimate of drug-likeness (QED) is 0.731. The Labute approximate surface area is 127 Å². The van der Waals surface area contributed by atoms with Crippen LogP contribution in [-0.2, 0) is 6.42 Å². The first kappa shape index (κ1) is 13.6. The lowest BCUT2D eigenvalue weighted by Crippen LogP contribution is -1.88. The van der Waals surface area contributed by atoms with E-state index in [1.165, 1.54) is 0 Å². The second kappa shape index (κ2) is 5.97. The molecule has 3 rings (SSSR count). The summed E-state index contributed by atoms with van der Waals surface area (Å²) in [6.07, 6.45) is 0.584. The van der Waals surface area contributed by atoms with E-state index in [-0.39, 0.29) is 0 Å². The van der Waals surface area contributed by atoms with E-state index in [1.807, 2.05) is 48.5 Å². The molecule has 0 aliphatic heterocycles. The number of hydrogen-bond donors (Lipinski definition) is 0. The minimum Gasteiger partial charge on any atom is -0.497 e. The minimum atomic E-state index is 0.571. The molecule has 0 N–H and O–H groups in total. The smallest absolute Gasteiger partial charge is 0.231 e. The van der Waals surface area contributed by atoms with E-state index in [1.54, 1.807) is 7.11 Å². The van der Waals surface area contributed by atoms with Crippen molar-refractivity contribution in [2.75, 3.05) is 7.11 Å². The van der Waals surface area contributed by atoms with E-state index in [9.17, 15) is 0 Å². The molecular formula is C16H13ClN2O2. The van der Waals surface area contributed by atoms with E-state index in [4.69, 9.17) is 20.9 Å². The summed E-state index contributed by atoms with van der Waals surface area (Å²) >= 11 is 5.86. The third-order valence-corrected chi connectivity index (χ3v) is 3.34. The van der Waals surface area contributed by atoms with Crippen molar-refractivity contribution in [2.45, 2.75) is 6.42 Å². The number of hydrogen-bond acceptors (Lipinski definition) is 4. The Balaban J connectivity index is 1.77. The van der Waals surface area contributed by atoms with Gasteiger partial charge in [-0.3, -0.25) is 0 Å². The van der Waals surface area contributed by atoms with Crippen molar-refractivity contribution in [3.8, 4) is 17.1 Å². The molecule has 21 heavy (non-hydrogen) atoms. The summed E-state index contributed by atoms with van der Waals surface area (Å²) in [7, 11) is 1.63. The standard InChI is InChI=1S/C16H13ClN2O2/c1-20-14-8-4-12(5-9-14)16-18-15(21-19-16)10-11-2-6-13(17)7-3-11/h2-9H,10H2,1H3. The van der Waals surface area contributed by atoms with Gasteiger partial charge in [-0.05, 0) is 42.0 Å². The SMILES string of the molecule is COc1ccc(-c2noc(Cc3ccc(Cl)cc3)n2)cc1. The molecular weight excluding hydrogens is 288 g/mol. The van der Waals surface area contributed by atoms with Crippen LogP contribution in [0.2, 0.25) is 5.02 Å². The summed E-state index contributed by atoms with van der Waals surface area (Å²) in [5, 5.41) is 4.71. The molecule has 0 fully saturated rings. The molecule has 0 atom stereocenters. The largest absolute Gasteiger partial charge is 0.497 e. The van der Waals surface area contributed by atoms with Gasteiger partial charge in [0.25, 0.3) is 0 Å². The van der Waals surface area contributed by atoms with Crippen molar-refractivity contribution in [2.24, 2.45) is 0 Å². The fourth-order valence-corrected chi connectivity index (χ4v) is 2.09. The number of aromatic nitrogens is 2. The van der Waals surface area contributed by atoms with Gasteiger partial charge in [0, 0.05) is 10.6 Å². The van der Waals surface area contributed by atoms with Crippen LogP contribution >= 0.6 is 11.6 Å². The summed E-state index contributed by atoms with van der Waals surface area (Å²) in [5.41, 5.74) is 1.96. The maximum atomic E-state index is 5.86. The summed E-state index contributed by atoms with van der Waals surface area (Å²) in [6.45, 7) is 0. The van der Waals surface area contributed by atoms with Gasteiger partial charge >= 0.3 is 0 Å². The van der Waals surface area contributed by atoms with Gasteiger partial charge in [-0.15, -0.1) is 0 Å². The summed E-state index contributed by atoms with van der Waals surface area (Å²) in [5.74, 6) is 1.94. The highest BCUT2D eigenvalue weighted by Gasteiger charge is 2.09. The van der Waals surface area contributed by atoms with E-state index in [0.29, 0.717) is 23.2 Å². The van der Waals surface area contributed by atoms with E-state index in [2.05, 4.69) is 10.1 Å². The molecule has 4 nitrogen and oxygen atoms in total. The number of ether oxygens (including phenoxy) is 1. The minimum absolute atomic E-state index is 0.571. The van der Waals surface area contributed by atoms with Crippen molar-refractivity contribution in [1.29, 1.82) is 0 Å². The molecule has 0 saturated carbocycles. The molecule has 106 valence electrons. The Morgan fingerprint density at radius 3 is 2.43 bits per heavy atom. The summed E-state index contributed by atoms with van der Waals surface area (Å²) in [6, 6.07) is 15.1. The molecule has 0 radical (unpaired) electrons. The average molecular weight is 301 g/mol. The lowest BCUT2D eigenvalue weighted by Gasteiger charge is -1.99. The van der Waals surface area contributed by atoms with Gasteiger partial charge in [-0.2, -0.15) is 4.98 Å². The zero-order valence-corrected chi connectivity index (χ0v) is 12.2. The zero-order valence-electron chi connectivity index (χ0n) is 11.4. The molecule has 5 heteroatoms. The highest BCUT2D eigenvalue weighted by atomic mass is 35.5.